The summed E-state index contributed by atoms with van der Waals surface area (Å²) in [7, 11) is 0. The summed E-state index contributed by atoms with van der Waals surface area (Å²) >= 11 is 0. The van der Waals surface area contributed by atoms with Gasteiger partial charge in [-0.25, -0.2) is 0 Å². The zero-order valence-corrected chi connectivity index (χ0v) is 10.7. The highest BCUT2D eigenvalue weighted by Crippen LogP contribution is 2.30. The summed E-state index contributed by atoms with van der Waals surface area (Å²) in [4.78, 5) is 0. The van der Waals surface area contributed by atoms with E-state index in [9.17, 15) is 25.5 Å². The standard InChI is InChI=1S/C13H18O7/c14-5-9-11(17)12(18)10(6-15)20-13(19-9)7-1-3-8(16)4-2-7/h1-4,9-18H,5-6H2/t9-,10+,11-,12-,13?/m0/s1. The molecule has 0 aliphatic carbocycles. The molecule has 2 rings (SSSR count). The van der Waals surface area contributed by atoms with Crippen LogP contribution in [-0.2, 0) is 9.47 Å². The van der Waals surface area contributed by atoms with E-state index in [1.54, 1.807) is 12.1 Å². The van der Waals surface area contributed by atoms with E-state index in [0.717, 1.165) is 0 Å². The fraction of sp³-hybridized carbons (Fsp3) is 0.538. The first kappa shape index (κ1) is 15.2. The van der Waals surface area contributed by atoms with Crippen LogP contribution >= 0.6 is 0 Å². The van der Waals surface area contributed by atoms with Gasteiger partial charge in [0.05, 0.1) is 13.2 Å². The number of aliphatic hydroxyl groups excluding tert-OH is 4. The van der Waals surface area contributed by atoms with Gasteiger partial charge in [-0.3, -0.25) is 0 Å². The van der Waals surface area contributed by atoms with Crippen molar-refractivity contribution in [1.29, 1.82) is 0 Å². The van der Waals surface area contributed by atoms with Crippen LogP contribution in [-0.4, -0.2) is 63.2 Å². The van der Waals surface area contributed by atoms with Gasteiger partial charge >= 0.3 is 0 Å². The largest absolute Gasteiger partial charge is 0.508 e. The highest BCUT2D eigenvalue weighted by atomic mass is 16.7. The van der Waals surface area contributed by atoms with Crippen LogP contribution in [0.25, 0.3) is 0 Å². The Morgan fingerprint density at radius 2 is 1.30 bits per heavy atom. The van der Waals surface area contributed by atoms with Crippen LogP contribution < -0.4 is 0 Å². The topological polar surface area (TPSA) is 120 Å². The van der Waals surface area contributed by atoms with Crippen LogP contribution in [0.4, 0.5) is 0 Å². The molecular formula is C13H18O7. The molecule has 1 aliphatic heterocycles. The van der Waals surface area contributed by atoms with Crippen molar-refractivity contribution in [3.8, 4) is 5.75 Å². The van der Waals surface area contributed by atoms with Gasteiger partial charge in [-0.15, -0.1) is 0 Å². The van der Waals surface area contributed by atoms with E-state index in [1.165, 1.54) is 12.1 Å². The molecule has 5 N–H and O–H groups in total. The van der Waals surface area contributed by atoms with Crippen molar-refractivity contribution >= 4 is 0 Å². The normalized spacial score (nSPS) is 34.7. The molecule has 0 spiro atoms. The van der Waals surface area contributed by atoms with E-state index in [4.69, 9.17) is 9.47 Å². The maximum absolute atomic E-state index is 9.86. The number of aromatic hydroxyl groups is 1. The monoisotopic (exact) mass is 286 g/mol. The number of hydrogen-bond acceptors (Lipinski definition) is 7. The summed E-state index contributed by atoms with van der Waals surface area (Å²) in [5, 5.41) is 47.4. The maximum atomic E-state index is 9.86. The molecule has 1 aromatic rings. The summed E-state index contributed by atoms with van der Waals surface area (Å²) in [5.41, 5.74) is 0.529. The molecule has 1 unspecified atom stereocenters. The summed E-state index contributed by atoms with van der Waals surface area (Å²) < 4.78 is 10.9. The van der Waals surface area contributed by atoms with E-state index in [1.807, 2.05) is 0 Å². The van der Waals surface area contributed by atoms with Crippen molar-refractivity contribution in [2.24, 2.45) is 0 Å². The third kappa shape index (κ3) is 3.09. The molecule has 1 aliphatic rings. The summed E-state index contributed by atoms with van der Waals surface area (Å²) in [6.45, 7) is -1.01. The second kappa shape index (κ2) is 6.49. The van der Waals surface area contributed by atoms with Crippen LogP contribution in [0.5, 0.6) is 5.75 Å². The van der Waals surface area contributed by atoms with Crippen LogP contribution in [0.1, 0.15) is 11.9 Å². The Kier molecular flexibility index (Phi) is 4.92. The molecule has 0 bridgehead atoms. The predicted octanol–water partition coefficient (Wildman–Crippen LogP) is -1.12. The molecular weight excluding hydrogens is 268 g/mol. The highest BCUT2D eigenvalue weighted by molar-refractivity contribution is 5.26. The minimum atomic E-state index is -1.38. The molecule has 1 aromatic carbocycles. The average Bonchev–Trinajstić information content (AvgIpc) is 2.58. The summed E-state index contributed by atoms with van der Waals surface area (Å²) in [6, 6.07) is 5.96. The Morgan fingerprint density at radius 1 is 0.850 bits per heavy atom. The van der Waals surface area contributed by atoms with E-state index < -0.39 is 43.9 Å². The Hall–Kier alpha value is -1.22. The molecule has 112 valence electrons. The van der Waals surface area contributed by atoms with Crippen LogP contribution in [0.15, 0.2) is 24.3 Å². The lowest BCUT2D eigenvalue weighted by Crippen LogP contribution is -2.45. The number of hydrogen-bond donors (Lipinski definition) is 5. The van der Waals surface area contributed by atoms with Gasteiger partial charge in [0.2, 0.25) is 0 Å². The van der Waals surface area contributed by atoms with E-state index in [2.05, 4.69) is 0 Å². The minimum Gasteiger partial charge on any atom is -0.508 e. The molecule has 1 fully saturated rings. The van der Waals surface area contributed by atoms with Gasteiger partial charge in [-0.1, -0.05) is 12.1 Å². The number of phenolic OH excluding ortho intramolecular Hbond substituents is 1. The van der Waals surface area contributed by atoms with Gasteiger partial charge in [0, 0.05) is 5.56 Å². The SMILES string of the molecule is OC[C@@H]1OC(c2ccc(O)cc2)O[C@H](CO)[C@H](O)[C@H]1O. The first-order valence-electron chi connectivity index (χ1n) is 6.24. The average molecular weight is 286 g/mol. The van der Waals surface area contributed by atoms with Crippen LogP contribution in [0.3, 0.4) is 0 Å². The lowest BCUT2D eigenvalue weighted by molar-refractivity contribution is -0.200. The van der Waals surface area contributed by atoms with Crippen molar-refractivity contribution < 1.29 is 35.0 Å². The van der Waals surface area contributed by atoms with Crippen LogP contribution in [0.2, 0.25) is 0 Å². The minimum absolute atomic E-state index is 0.0693. The van der Waals surface area contributed by atoms with Gasteiger partial charge in [-0.2, -0.15) is 0 Å². The predicted molar refractivity (Wildman–Crippen MR) is 66.8 cm³/mol. The van der Waals surface area contributed by atoms with Crippen molar-refractivity contribution in [3.63, 3.8) is 0 Å². The molecule has 5 atom stereocenters. The summed E-state index contributed by atoms with van der Waals surface area (Å²) in [6.07, 6.45) is -5.81. The smallest absolute Gasteiger partial charge is 0.184 e. The number of benzene rings is 1. The van der Waals surface area contributed by atoms with Crippen LogP contribution in [0, 0.1) is 0 Å². The first-order chi connectivity index (χ1) is 9.56. The Morgan fingerprint density at radius 3 is 1.70 bits per heavy atom. The Balaban J connectivity index is 2.25. The van der Waals surface area contributed by atoms with Gasteiger partial charge in [0.25, 0.3) is 0 Å². The van der Waals surface area contributed by atoms with Gasteiger partial charge in [0.1, 0.15) is 30.2 Å². The number of phenols is 1. The number of aliphatic hydroxyl groups is 4. The summed E-state index contributed by atoms with van der Waals surface area (Å²) in [5.74, 6) is 0.0693. The van der Waals surface area contributed by atoms with Crippen molar-refractivity contribution in [2.45, 2.75) is 30.7 Å². The molecule has 20 heavy (non-hydrogen) atoms. The van der Waals surface area contributed by atoms with E-state index in [0.29, 0.717) is 5.56 Å². The van der Waals surface area contributed by atoms with Crippen molar-refractivity contribution in [2.75, 3.05) is 13.2 Å². The Bertz CT molecular complexity index is 403. The van der Waals surface area contributed by atoms with E-state index in [-0.39, 0.29) is 5.75 Å². The van der Waals surface area contributed by atoms with Gasteiger partial charge in [-0.05, 0) is 12.1 Å². The zero-order chi connectivity index (χ0) is 14.7. The quantitative estimate of drug-likeness (QED) is 0.477. The fourth-order valence-electron chi connectivity index (χ4n) is 2.04. The molecule has 0 aromatic heterocycles. The molecule has 0 radical (unpaired) electrons. The Labute approximate surface area is 115 Å². The molecule has 1 heterocycles. The van der Waals surface area contributed by atoms with Crippen molar-refractivity contribution in [3.05, 3.63) is 29.8 Å². The second-order valence-corrected chi connectivity index (χ2v) is 4.62. The molecule has 1 saturated heterocycles. The molecule has 7 heteroatoms. The van der Waals surface area contributed by atoms with Gasteiger partial charge in [0.15, 0.2) is 6.29 Å². The third-order valence-corrected chi connectivity index (χ3v) is 3.23. The van der Waals surface area contributed by atoms with E-state index >= 15 is 0 Å². The lowest BCUT2D eigenvalue weighted by Gasteiger charge is -2.23. The number of ether oxygens (including phenoxy) is 2. The van der Waals surface area contributed by atoms with Gasteiger partial charge < -0.3 is 35.0 Å². The molecule has 0 amide bonds. The molecule has 0 saturated carbocycles. The first-order valence-corrected chi connectivity index (χ1v) is 6.24. The van der Waals surface area contributed by atoms with Crippen molar-refractivity contribution in [1.82, 2.24) is 0 Å². The third-order valence-electron chi connectivity index (χ3n) is 3.23. The second-order valence-electron chi connectivity index (χ2n) is 4.62. The molecule has 7 nitrogen and oxygen atoms in total. The number of rotatable bonds is 3. The highest BCUT2D eigenvalue weighted by Gasteiger charge is 2.40. The lowest BCUT2D eigenvalue weighted by atomic mass is 10.0. The maximum Gasteiger partial charge on any atom is 0.184 e. The zero-order valence-electron chi connectivity index (χ0n) is 10.7. The fourth-order valence-corrected chi connectivity index (χ4v) is 2.04.